The zero-order chi connectivity index (χ0) is 50.1. The minimum atomic E-state index is -0.975. The molecule has 0 saturated carbocycles. The highest BCUT2D eigenvalue weighted by molar-refractivity contribution is 7.13. The standard InChI is InChI=1S/C26H26ClN5O2S.C16H20ClN3S.C10H8N2O3/c1-17-29-23(31-34-17)19-4-3-5-20(14-19)24(33)28-16-26(10-12-32(2)13-11-26)22-15-35-25(30-22)18-6-8-21(27)9-7-18;1-20-8-6-16(11-18,7-9-20)14-10-21-15(19-14)12-2-4-13(17)5-3-12;1-6-11-9(12-15-6)7-3-2-4-8(5-7)10(13)14/h3-9,14-15H,10-13,16H2,1-2H3,(H,28,33);2-5,10H,6-9,11,18H2,1H3;2-5H,1H3,(H,13,14). The van der Waals surface area contributed by atoms with Crippen molar-refractivity contribution in [3.63, 3.8) is 0 Å². The first-order chi connectivity index (χ1) is 34.2. The van der Waals surface area contributed by atoms with E-state index in [2.05, 4.69) is 60.3 Å². The Bertz CT molecular complexity index is 3050. The lowest BCUT2D eigenvalue weighted by atomic mass is 9.76. The van der Waals surface area contributed by atoms with Gasteiger partial charge in [0.25, 0.3) is 5.91 Å². The number of benzene rings is 4. The number of halogens is 2. The van der Waals surface area contributed by atoms with Crippen LogP contribution in [0.3, 0.4) is 0 Å². The number of carbonyl (C=O) groups excluding carboxylic acids is 1. The van der Waals surface area contributed by atoms with Crippen LogP contribution >= 0.6 is 45.9 Å². The number of aromatic nitrogens is 6. The van der Waals surface area contributed by atoms with Crippen LogP contribution in [0.15, 0.2) is 117 Å². The number of likely N-dealkylation sites (tertiary alicyclic amines) is 2. The maximum atomic E-state index is 13.2. The molecule has 8 aromatic rings. The molecular formula is C52H54Cl2N10O5S2. The SMILES string of the molecule is CN1CCC(CN)(c2csc(-c3ccc(Cl)cc3)n2)CC1.Cc1nc(-c2cccc(C(=O)NCC3(c4csc(-c5ccc(Cl)cc5)n4)CCN(C)CC3)c2)no1.Cc1nc(-c2cccc(C(=O)O)c2)no1. The summed E-state index contributed by atoms with van der Waals surface area (Å²) in [7, 11) is 4.30. The van der Waals surface area contributed by atoms with Gasteiger partial charge in [0.2, 0.25) is 23.4 Å². The highest BCUT2D eigenvalue weighted by Crippen LogP contribution is 2.39. The lowest BCUT2D eigenvalue weighted by Gasteiger charge is -2.39. The summed E-state index contributed by atoms with van der Waals surface area (Å²) in [4.78, 5) is 46.7. The van der Waals surface area contributed by atoms with Crippen LogP contribution in [0.5, 0.6) is 0 Å². The van der Waals surface area contributed by atoms with E-state index in [1.807, 2.05) is 60.7 Å². The van der Waals surface area contributed by atoms with Crippen molar-refractivity contribution in [2.75, 3.05) is 53.4 Å². The molecule has 15 nitrogen and oxygen atoms in total. The molecule has 4 aromatic carbocycles. The van der Waals surface area contributed by atoms with Crippen LogP contribution in [0.25, 0.3) is 43.9 Å². The summed E-state index contributed by atoms with van der Waals surface area (Å²) < 4.78 is 9.89. The molecule has 71 heavy (non-hydrogen) atoms. The van der Waals surface area contributed by atoms with E-state index in [9.17, 15) is 9.59 Å². The molecule has 0 spiro atoms. The van der Waals surface area contributed by atoms with Gasteiger partial charge in [0, 0.05) is 86.4 Å². The van der Waals surface area contributed by atoms with E-state index in [0.717, 1.165) is 95.0 Å². The number of aryl methyl sites for hydroxylation is 2. The van der Waals surface area contributed by atoms with Crippen molar-refractivity contribution >= 4 is 57.8 Å². The van der Waals surface area contributed by atoms with Crippen LogP contribution in [-0.4, -0.2) is 110 Å². The second-order valence-electron chi connectivity index (χ2n) is 17.9. The van der Waals surface area contributed by atoms with Crippen LogP contribution in [0.4, 0.5) is 0 Å². The van der Waals surface area contributed by atoms with Gasteiger partial charge in [-0.25, -0.2) is 14.8 Å². The number of carbonyl (C=O) groups is 2. The molecule has 0 radical (unpaired) electrons. The van der Waals surface area contributed by atoms with Gasteiger partial charge in [-0.1, -0.05) is 82.0 Å². The van der Waals surface area contributed by atoms with Gasteiger partial charge in [0.1, 0.15) is 10.0 Å². The fourth-order valence-electron chi connectivity index (χ4n) is 8.44. The zero-order valence-electron chi connectivity index (χ0n) is 39.8. The van der Waals surface area contributed by atoms with Crippen molar-refractivity contribution < 1.29 is 23.7 Å². The van der Waals surface area contributed by atoms with E-state index >= 15 is 0 Å². The van der Waals surface area contributed by atoms with Crippen LogP contribution in [0.2, 0.25) is 10.0 Å². The predicted octanol–water partition coefficient (Wildman–Crippen LogP) is 10.3. The fraction of sp³-hybridized carbons (Fsp3) is 0.308. The summed E-state index contributed by atoms with van der Waals surface area (Å²) in [5.74, 6) is 0.707. The smallest absolute Gasteiger partial charge is 0.335 e. The molecule has 19 heteroatoms. The Kier molecular flexibility index (Phi) is 16.5. The van der Waals surface area contributed by atoms with Crippen LogP contribution in [-0.2, 0) is 10.8 Å². The Morgan fingerprint density at radius 1 is 0.648 bits per heavy atom. The third-order valence-corrected chi connectivity index (χ3v) is 15.2. The lowest BCUT2D eigenvalue weighted by Crippen LogP contribution is -2.48. The normalized spacial score (nSPS) is 15.5. The minimum Gasteiger partial charge on any atom is -0.478 e. The summed E-state index contributed by atoms with van der Waals surface area (Å²) >= 11 is 15.3. The monoisotopic (exact) mass is 1030 g/mol. The average molecular weight is 1030 g/mol. The summed E-state index contributed by atoms with van der Waals surface area (Å²) in [6, 6.07) is 29.3. The predicted molar refractivity (Wildman–Crippen MR) is 279 cm³/mol. The molecule has 0 bridgehead atoms. The number of aromatic carboxylic acids is 1. The molecule has 0 aliphatic carbocycles. The number of piperidine rings is 2. The van der Waals surface area contributed by atoms with E-state index in [1.165, 1.54) is 12.1 Å². The van der Waals surface area contributed by atoms with Crippen LogP contribution in [0.1, 0.15) is 69.6 Å². The van der Waals surface area contributed by atoms with Crippen molar-refractivity contribution in [1.82, 2.24) is 45.4 Å². The molecule has 0 atom stereocenters. The van der Waals surface area contributed by atoms with Gasteiger partial charge in [-0.3, -0.25) is 4.79 Å². The lowest BCUT2D eigenvalue weighted by molar-refractivity contribution is 0.0696. The molecule has 0 unspecified atom stereocenters. The highest BCUT2D eigenvalue weighted by atomic mass is 35.5. The van der Waals surface area contributed by atoms with E-state index < -0.39 is 5.97 Å². The fourth-order valence-corrected chi connectivity index (χ4v) is 10.6. The quantitative estimate of drug-likeness (QED) is 0.110. The zero-order valence-corrected chi connectivity index (χ0v) is 42.9. The number of thiazole rings is 2. The number of carboxylic acids is 1. The van der Waals surface area contributed by atoms with Crippen molar-refractivity contribution in [2.45, 2.75) is 50.4 Å². The third-order valence-electron chi connectivity index (χ3n) is 12.9. The Labute approximate surface area is 430 Å². The van der Waals surface area contributed by atoms with Gasteiger partial charge in [0.05, 0.1) is 17.0 Å². The third kappa shape index (κ3) is 12.7. The van der Waals surface area contributed by atoms with E-state index in [-0.39, 0.29) is 22.3 Å². The number of hydrogen-bond donors (Lipinski definition) is 3. The number of nitrogens with one attached hydrogen (secondary N) is 1. The summed E-state index contributed by atoms with van der Waals surface area (Å²) in [6.07, 6.45) is 4.03. The molecule has 2 fully saturated rings. The molecule has 368 valence electrons. The Hall–Kier alpha value is -6.18. The second-order valence-corrected chi connectivity index (χ2v) is 20.5. The molecule has 4 N–H and O–H groups in total. The van der Waals surface area contributed by atoms with Crippen molar-refractivity contribution in [3.8, 4) is 43.9 Å². The average Bonchev–Trinajstić information content (AvgIpc) is 4.25. The number of amides is 1. The van der Waals surface area contributed by atoms with Gasteiger partial charge in [-0.15, -0.1) is 22.7 Å². The topological polar surface area (TPSA) is 203 Å². The molecule has 1 amide bonds. The highest BCUT2D eigenvalue weighted by Gasteiger charge is 2.39. The Morgan fingerprint density at radius 3 is 1.52 bits per heavy atom. The van der Waals surface area contributed by atoms with E-state index in [4.69, 9.17) is 53.1 Å². The summed E-state index contributed by atoms with van der Waals surface area (Å²) in [5, 5.41) is 27.4. The first kappa shape index (κ1) is 51.2. The van der Waals surface area contributed by atoms with Crippen LogP contribution < -0.4 is 11.1 Å². The number of nitrogens with two attached hydrogens (primary N) is 1. The molecule has 2 aliphatic rings. The van der Waals surface area contributed by atoms with Crippen molar-refractivity contribution in [3.05, 3.63) is 152 Å². The number of hydrogen-bond acceptors (Lipinski definition) is 15. The van der Waals surface area contributed by atoms with E-state index in [1.54, 1.807) is 60.8 Å². The van der Waals surface area contributed by atoms with Gasteiger partial charge >= 0.3 is 5.97 Å². The first-order valence-electron chi connectivity index (χ1n) is 23.1. The molecule has 10 rings (SSSR count). The van der Waals surface area contributed by atoms with Crippen LogP contribution in [0, 0.1) is 13.8 Å². The number of carboxylic acid groups (broad SMARTS) is 1. The summed E-state index contributed by atoms with van der Waals surface area (Å²) in [6.45, 7) is 8.70. The molecule has 2 saturated heterocycles. The largest absolute Gasteiger partial charge is 0.478 e. The number of nitrogens with zero attached hydrogens (tertiary/aromatic N) is 8. The molecule has 4 aromatic heterocycles. The number of rotatable bonds is 11. The Morgan fingerprint density at radius 2 is 1.08 bits per heavy atom. The van der Waals surface area contributed by atoms with Gasteiger partial charge in [-0.05, 0) is 114 Å². The molecular weight excluding hydrogens is 980 g/mol. The Balaban J connectivity index is 0.000000159. The second kappa shape index (κ2) is 22.9. The van der Waals surface area contributed by atoms with E-state index in [0.29, 0.717) is 52.7 Å². The van der Waals surface area contributed by atoms with Gasteiger partial charge in [0.15, 0.2) is 0 Å². The minimum absolute atomic E-state index is 0.0493. The first-order valence-corrected chi connectivity index (χ1v) is 25.6. The van der Waals surface area contributed by atoms with Gasteiger partial charge < -0.3 is 35.0 Å². The maximum Gasteiger partial charge on any atom is 0.335 e. The maximum absolute atomic E-state index is 13.2. The van der Waals surface area contributed by atoms with Crippen molar-refractivity contribution in [2.24, 2.45) is 5.73 Å². The van der Waals surface area contributed by atoms with Crippen molar-refractivity contribution in [1.29, 1.82) is 0 Å². The molecule has 6 heterocycles. The summed E-state index contributed by atoms with van der Waals surface area (Å²) in [5.41, 5.74) is 12.5. The molecule has 2 aliphatic heterocycles. The van der Waals surface area contributed by atoms with Gasteiger partial charge in [-0.2, -0.15) is 9.97 Å².